The Morgan fingerprint density at radius 2 is 2.00 bits per heavy atom. The van der Waals surface area contributed by atoms with Crippen LogP contribution >= 0.6 is 0 Å². The fourth-order valence-electron chi connectivity index (χ4n) is 4.18. The monoisotopic (exact) mass is 415 g/mol. The van der Waals surface area contributed by atoms with Gasteiger partial charge in [0, 0.05) is 29.5 Å². The molecule has 1 N–H and O–H groups in total. The smallest absolute Gasteiger partial charge is 0.266 e. The summed E-state index contributed by atoms with van der Waals surface area (Å²) in [5.41, 5.74) is 5.94. The SMILES string of the molecule is CCN1c2cc(C)c(/C=C(/C#N)C(=O)Nc3cccc(OC)c3)cc2C(C)=CC1(C)C. The van der Waals surface area contributed by atoms with Crippen molar-refractivity contribution in [3.05, 3.63) is 64.7 Å². The summed E-state index contributed by atoms with van der Waals surface area (Å²) in [4.78, 5) is 15.1. The van der Waals surface area contributed by atoms with Gasteiger partial charge in [0.05, 0.1) is 12.6 Å². The number of methoxy groups -OCH3 is 1. The minimum Gasteiger partial charge on any atom is -0.497 e. The molecule has 1 heterocycles. The molecular formula is C26H29N3O2. The molecule has 2 aromatic carbocycles. The van der Waals surface area contributed by atoms with E-state index < -0.39 is 5.91 Å². The fraction of sp³-hybridized carbons (Fsp3) is 0.308. The van der Waals surface area contributed by atoms with Crippen molar-refractivity contribution in [2.24, 2.45) is 0 Å². The number of hydrogen-bond acceptors (Lipinski definition) is 4. The van der Waals surface area contributed by atoms with Crippen molar-refractivity contribution in [2.45, 2.75) is 40.2 Å². The van der Waals surface area contributed by atoms with E-state index in [1.807, 2.05) is 13.0 Å². The number of fused-ring (bicyclic) bond motifs is 1. The van der Waals surface area contributed by atoms with Gasteiger partial charge in [-0.15, -0.1) is 0 Å². The molecule has 0 bridgehead atoms. The van der Waals surface area contributed by atoms with E-state index in [2.05, 4.69) is 56.1 Å². The first-order chi connectivity index (χ1) is 14.7. The van der Waals surface area contributed by atoms with Crippen molar-refractivity contribution < 1.29 is 9.53 Å². The first-order valence-corrected chi connectivity index (χ1v) is 10.4. The van der Waals surface area contributed by atoms with E-state index in [1.54, 1.807) is 37.5 Å². The number of nitrogens with zero attached hydrogens (tertiary/aromatic N) is 2. The molecule has 5 heteroatoms. The molecule has 0 unspecified atom stereocenters. The summed E-state index contributed by atoms with van der Waals surface area (Å²) in [7, 11) is 1.57. The van der Waals surface area contributed by atoms with Gasteiger partial charge >= 0.3 is 0 Å². The Hall–Kier alpha value is -3.52. The number of nitriles is 1. The molecule has 0 aliphatic carbocycles. The number of aryl methyl sites for hydroxylation is 1. The number of ether oxygens (including phenoxy) is 1. The van der Waals surface area contributed by atoms with Gasteiger partial charge in [-0.05, 0) is 81.7 Å². The average Bonchev–Trinajstić information content (AvgIpc) is 2.72. The number of rotatable bonds is 5. The van der Waals surface area contributed by atoms with Gasteiger partial charge in [0.15, 0.2) is 0 Å². The molecule has 1 aliphatic heterocycles. The van der Waals surface area contributed by atoms with E-state index in [4.69, 9.17) is 4.74 Å². The molecule has 0 spiro atoms. The van der Waals surface area contributed by atoms with Gasteiger partial charge in [0.2, 0.25) is 0 Å². The third-order valence-electron chi connectivity index (χ3n) is 5.67. The summed E-state index contributed by atoms with van der Waals surface area (Å²) in [6, 6.07) is 13.3. The zero-order valence-electron chi connectivity index (χ0n) is 19.0. The van der Waals surface area contributed by atoms with Crippen molar-refractivity contribution in [1.29, 1.82) is 5.26 Å². The molecule has 3 rings (SSSR count). The number of likely N-dealkylation sites (N-methyl/N-ethyl adjacent to an activating group) is 1. The molecule has 0 atom stereocenters. The lowest BCUT2D eigenvalue weighted by Crippen LogP contribution is -2.44. The van der Waals surface area contributed by atoms with Gasteiger partial charge in [0.1, 0.15) is 17.4 Å². The van der Waals surface area contributed by atoms with Crippen LogP contribution in [0.15, 0.2) is 48.0 Å². The van der Waals surface area contributed by atoms with Crippen molar-refractivity contribution in [1.82, 2.24) is 0 Å². The Morgan fingerprint density at radius 3 is 2.65 bits per heavy atom. The molecule has 0 fully saturated rings. The van der Waals surface area contributed by atoms with Gasteiger partial charge in [-0.3, -0.25) is 4.79 Å². The second-order valence-electron chi connectivity index (χ2n) is 8.31. The largest absolute Gasteiger partial charge is 0.497 e. The summed E-state index contributed by atoms with van der Waals surface area (Å²) >= 11 is 0. The molecule has 0 saturated heterocycles. The van der Waals surface area contributed by atoms with Crippen molar-refractivity contribution in [3.63, 3.8) is 0 Å². The number of allylic oxidation sites excluding steroid dienone is 1. The zero-order chi connectivity index (χ0) is 22.8. The van der Waals surface area contributed by atoms with Crippen LogP contribution in [0.3, 0.4) is 0 Å². The lowest BCUT2D eigenvalue weighted by Gasteiger charge is -2.43. The van der Waals surface area contributed by atoms with Crippen LogP contribution in [-0.4, -0.2) is 25.1 Å². The number of carbonyl (C=O) groups excluding carboxylic acids is 1. The molecule has 0 saturated carbocycles. The van der Waals surface area contributed by atoms with Crippen LogP contribution in [-0.2, 0) is 4.79 Å². The number of carbonyl (C=O) groups is 1. The Bertz CT molecular complexity index is 1120. The van der Waals surface area contributed by atoms with Gasteiger partial charge < -0.3 is 15.0 Å². The molecule has 1 aliphatic rings. The van der Waals surface area contributed by atoms with Crippen LogP contribution in [0.5, 0.6) is 5.75 Å². The van der Waals surface area contributed by atoms with E-state index in [9.17, 15) is 10.1 Å². The average molecular weight is 416 g/mol. The Labute approximate surface area is 184 Å². The second-order valence-corrected chi connectivity index (χ2v) is 8.31. The molecule has 0 aromatic heterocycles. The first-order valence-electron chi connectivity index (χ1n) is 10.4. The number of anilines is 2. The number of benzene rings is 2. The Morgan fingerprint density at radius 1 is 1.26 bits per heavy atom. The lowest BCUT2D eigenvalue weighted by molar-refractivity contribution is -0.112. The molecule has 160 valence electrons. The maximum absolute atomic E-state index is 12.7. The highest BCUT2D eigenvalue weighted by Crippen LogP contribution is 2.40. The highest BCUT2D eigenvalue weighted by molar-refractivity contribution is 6.10. The standard InChI is InChI=1S/C26H29N3O2/c1-7-29-24-11-17(2)19(13-23(24)18(3)15-26(29,4)5)12-20(16-27)25(30)28-21-9-8-10-22(14-21)31-6/h8-15H,7H2,1-6H3,(H,28,30)/b20-12-. The molecule has 1 amide bonds. The van der Waals surface area contributed by atoms with E-state index in [-0.39, 0.29) is 11.1 Å². The van der Waals surface area contributed by atoms with Gasteiger partial charge in [-0.1, -0.05) is 12.1 Å². The van der Waals surface area contributed by atoms with Crippen molar-refractivity contribution in [3.8, 4) is 11.8 Å². The van der Waals surface area contributed by atoms with Crippen LogP contribution in [0.4, 0.5) is 11.4 Å². The summed E-state index contributed by atoms with van der Waals surface area (Å²) in [6.45, 7) is 11.6. The van der Waals surface area contributed by atoms with Crippen LogP contribution in [0.1, 0.15) is 44.4 Å². The number of hydrogen-bond donors (Lipinski definition) is 1. The maximum Gasteiger partial charge on any atom is 0.266 e. The van der Waals surface area contributed by atoms with Crippen LogP contribution in [0.2, 0.25) is 0 Å². The van der Waals surface area contributed by atoms with Crippen LogP contribution < -0.4 is 15.0 Å². The van der Waals surface area contributed by atoms with E-state index in [0.717, 1.165) is 23.2 Å². The molecule has 31 heavy (non-hydrogen) atoms. The molecule has 5 nitrogen and oxygen atoms in total. The lowest BCUT2D eigenvalue weighted by atomic mass is 9.86. The topological polar surface area (TPSA) is 65.4 Å². The van der Waals surface area contributed by atoms with E-state index in [0.29, 0.717) is 11.4 Å². The third-order valence-corrected chi connectivity index (χ3v) is 5.67. The van der Waals surface area contributed by atoms with Crippen LogP contribution in [0, 0.1) is 18.3 Å². The van der Waals surface area contributed by atoms with E-state index in [1.165, 1.54) is 11.3 Å². The first kappa shape index (κ1) is 22.2. The molecule has 0 radical (unpaired) electrons. The van der Waals surface area contributed by atoms with Crippen molar-refractivity contribution in [2.75, 3.05) is 23.9 Å². The molecule has 2 aromatic rings. The third kappa shape index (κ3) is 4.49. The quantitative estimate of drug-likeness (QED) is 0.512. The Balaban J connectivity index is 1.97. The fourth-order valence-corrected chi connectivity index (χ4v) is 4.18. The second kappa shape index (κ2) is 8.69. The minimum absolute atomic E-state index is 0.0518. The Kier molecular flexibility index (Phi) is 6.21. The number of amides is 1. The maximum atomic E-state index is 12.7. The highest BCUT2D eigenvalue weighted by atomic mass is 16.5. The summed E-state index contributed by atoms with van der Waals surface area (Å²) in [5, 5.41) is 12.4. The van der Waals surface area contributed by atoms with Gasteiger partial charge in [-0.25, -0.2) is 0 Å². The van der Waals surface area contributed by atoms with E-state index >= 15 is 0 Å². The summed E-state index contributed by atoms with van der Waals surface area (Å²) in [6.07, 6.45) is 3.93. The number of nitrogens with one attached hydrogen (secondary N) is 1. The summed E-state index contributed by atoms with van der Waals surface area (Å²) < 4.78 is 5.19. The van der Waals surface area contributed by atoms with Crippen molar-refractivity contribution >= 4 is 28.9 Å². The van der Waals surface area contributed by atoms with Gasteiger partial charge in [0.25, 0.3) is 5.91 Å². The highest BCUT2D eigenvalue weighted by Gasteiger charge is 2.30. The predicted molar refractivity (Wildman–Crippen MR) is 127 cm³/mol. The zero-order valence-corrected chi connectivity index (χ0v) is 19.0. The minimum atomic E-state index is -0.448. The normalized spacial score (nSPS) is 14.9. The van der Waals surface area contributed by atoms with Gasteiger partial charge in [-0.2, -0.15) is 5.26 Å². The predicted octanol–water partition coefficient (Wildman–Crippen LogP) is 5.57. The molecular weight excluding hydrogens is 386 g/mol. The summed E-state index contributed by atoms with van der Waals surface area (Å²) in [5.74, 6) is 0.188. The van der Waals surface area contributed by atoms with Crippen LogP contribution in [0.25, 0.3) is 11.6 Å².